The summed E-state index contributed by atoms with van der Waals surface area (Å²) in [6, 6.07) is 12.5. The van der Waals surface area contributed by atoms with Gasteiger partial charge in [-0.05, 0) is 61.4 Å². The Morgan fingerprint density at radius 1 is 1.17 bits per heavy atom. The fraction of sp³-hybridized carbons (Fsp3) is 0.304. The molecular weight excluding hydrogens is 387 g/mol. The number of benzene rings is 2. The van der Waals surface area contributed by atoms with Crippen molar-refractivity contribution < 1.29 is 24.1 Å². The van der Waals surface area contributed by atoms with Crippen LogP contribution >= 0.6 is 0 Å². The lowest BCUT2D eigenvalue weighted by atomic mass is 10.1. The van der Waals surface area contributed by atoms with E-state index in [9.17, 15) is 19.4 Å². The summed E-state index contributed by atoms with van der Waals surface area (Å²) in [4.78, 5) is 11.5. The van der Waals surface area contributed by atoms with Crippen molar-refractivity contribution in [3.8, 4) is 28.3 Å². The number of aliphatic hydroxyl groups is 1. The number of hydrogen-bond acceptors (Lipinski definition) is 4. The van der Waals surface area contributed by atoms with E-state index in [1.54, 1.807) is 28.9 Å². The molecule has 2 N–H and O–H groups in total. The van der Waals surface area contributed by atoms with Crippen molar-refractivity contribution in [2.45, 2.75) is 39.3 Å². The number of aromatic carboxylic acids is 1. The van der Waals surface area contributed by atoms with Crippen LogP contribution in [0.4, 0.5) is 4.39 Å². The van der Waals surface area contributed by atoms with Gasteiger partial charge in [-0.1, -0.05) is 13.8 Å². The standard InChI is InChI=1S/C23H25FN2O4/c1-3-11-30-22-10-7-16(23(28)29)12-19(22)20-13-21(15-5-8-17(24)9-6-15)26(25-20)14-18(27)4-2/h5-10,12-13,18,27H,3-4,11,14H2,1-2H3,(H,28,29)/t18-/m0/s1. The molecule has 1 aromatic heterocycles. The number of carboxylic acid groups (broad SMARTS) is 1. The third kappa shape index (κ3) is 4.86. The molecule has 0 aliphatic carbocycles. The largest absolute Gasteiger partial charge is 0.493 e. The Kier molecular flexibility index (Phi) is 6.84. The summed E-state index contributed by atoms with van der Waals surface area (Å²) in [6.07, 6.45) is 0.758. The van der Waals surface area contributed by atoms with Gasteiger partial charge < -0.3 is 14.9 Å². The Morgan fingerprint density at radius 3 is 2.53 bits per heavy atom. The van der Waals surface area contributed by atoms with Crippen molar-refractivity contribution in [3.63, 3.8) is 0 Å². The van der Waals surface area contributed by atoms with E-state index in [4.69, 9.17) is 4.74 Å². The van der Waals surface area contributed by atoms with Crippen LogP contribution in [0.15, 0.2) is 48.5 Å². The number of nitrogens with zero attached hydrogens (tertiary/aromatic N) is 2. The lowest BCUT2D eigenvalue weighted by Gasteiger charge is -2.12. The molecule has 6 nitrogen and oxygen atoms in total. The van der Waals surface area contributed by atoms with E-state index in [1.165, 1.54) is 24.3 Å². The van der Waals surface area contributed by atoms with Crippen LogP contribution in [0.1, 0.15) is 37.0 Å². The molecule has 0 aliphatic heterocycles. The molecule has 158 valence electrons. The molecule has 30 heavy (non-hydrogen) atoms. The zero-order valence-electron chi connectivity index (χ0n) is 17.0. The van der Waals surface area contributed by atoms with Crippen LogP contribution in [-0.2, 0) is 6.54 Å². The van der Waals surface area contributed by atoms with E-state index >= 15 is 0 Å². The maximum atomic E-state index is 13.4. The Bertz CT molecular complexity index is 1010. The zero-order chi connectivity index (χ0) is 21.7. The maximum Gasteiger partial charge on any atom is 0.335 e. The summed E-state index contributed by atoms with van der Waals surface area (Å²) in [7, 11) is 0. The maximum absolute atomic E-state index is 13.4. The Hall–Kier alpha value is -3.19. The van der Waals surface area contributed by atoms with Crippen molar-refractivity contribution in [1.29, 1.82) is 0 Å². The van der Waals surface area contributed by atoms with Gasteiger partial charge in [-0.25, -0.2) is 9.18 Å². The quantitative estimate of drug-likeness (QED) is 0.536. The molecule has 0 fully saturated rings. The SMILES string of the molecule is CCCOc1ccc(C(=O)O)cc1-c1cc(-c2ccc(F)cc2)n(C[C@@H](O)CC)n1. The molecule has 0 spiro atoms. The van der Waals surface area contributed by atoms with Crippen LogP contribution in [0.3, 0.4) is 0 Å². The number of rotatable bonds is 9. The van der Waals surface area contributed by atoms with Crippen LogP contribution in [0.25, 0.3) is 22.5 Å². The number of aliphatic hydroxyl groups excluding tert-OH is 1. The highest BCUT2D eigenvalue weighted by Crippen LogP contribution is 2.34. The van der Waals surface area contributed by atoms with Gasteiger partial charge in [0.15, 0.2) is 0 Å². The second-order valence-corrected chi connectivity index (χ2v) is 7.03. The van der Waals surface area contributed by atoms with Crippen molar-refractivity contribution in [1.82, 2.24) is 9.78 Å². The molecule has 3 rings (SSSR count). The normalized spacial score (nSPS) is 12.0. The van der Waals surface area contributed by atoms with E-state index in [0.29, 0.717) is 35.7 Å². The molecule has 0 amide bonds. The lowest BCUT2D eigenvalue weighted by Crippen LogP contribution is -2.16. The summed E-state index contributed by atoms with van der Waals surface area (Å²) < 4.78 is 20.9. The highest BCUT2D eigenvalue weighted by Gasteiger charge is 2.18. The highest BCUT2D eigenvalue weighted by atomic mass is 19.1. The molecule has 0 bridgehead atoms. The van der Waals surface area contributed by atoms with Gasteiger partial charge in [0.2, 0.25) is 0 Å². The van der Waals surface area contributed by atoms with Gasteiger partial charge >= 0.3 is 5.97 Å². The number of ether oxygens (including phenoxy) is 1. The minimum Gasteiger partial charge on any atom is -0.493 e. The molecule has 0 saturated carbocycles. The van der Waals surface area contributed by atoms with E-state index in [1.807, 2.05) is 13.8 Å². The topological polar surface area (TPSA) is 84.6 Å². The van der Waals surface area contributed by atoms with Crippen LogP contribution in [0.5, 0.6) is 5.75 Å². The number of carboxylic acids is 1. The third-order valence-corrected chi connectivity index (χ3v) is 4.74. The molecule has 0 saturated heterocycles. The fourth-order valence-electron chi connectivity index (χ4n) is 3.07. The van der Waals surface area contributed by atoms with E-state index in [2.05, 4.69) is 5.10 Å². The highest BCUT2D eigenvalue weighted by molar-refractivity contribution is 5.90. The average molecular weight is 412 g/mol. The Labute approximate surface area is 174 Å². The predicted octanol–water partition coefficient (Wildman–Crippen LogP) is 4.61. The summed E-state index contributed by atoms with van der Waals surface area (Å²) in [5.74, 6) is -0.853. The molecule has 0 radical (unpaired) electrons. The van der Waals surface area contributed by atoms with Gasteiger partial charge in [0.25, 0.3) is 0 Å². The first-order valence-electron chi connectivity index (χ1n) is 9.95. The van der Waals surface area contributed by atoms with Crippen molar-refractivity contribution in [2.75, 3.05) is 6.61 Å². The predicted molar refractivity (Wildman–Crippen MR) is 112 cm³/mol. The van der Waals surface area contributed by atoms with E-state index in [0.717, 1.165) is 12.0 Å². The summed E-state index contributed by atoms with van der Waals surface area (Å²) in [5, 5.41) is 24.2. The number of carbonyl (C=O) groups is 1. The van der Waals surface area contributed by atoms with E-state index in [-0.39, 0.29) is 17.9 Å². The summed E-state index contributed by atoms with van der Waals surface area (Å²) in [6.45, 7) is 4.60. The molecule has 1 heterocycles. The molecular formula is C23H25FN2O4. The van der Waals surface area contributed by atoms with Crippen molar-refractivity contribution in [3.05, 3.63) is 59.9 Å². The van der Waals surface area contributed by atoms with Gasteiger partial charge in [-0.15, -0.1) is 0 Å². The Morgan fingerprint density at radius 2 is 1.90 bits per heavy atom. The molecule has 0 unspecified atom stereocenters. The van der Waals surface area contributed by atoms with Crippen molar-refractivity contribution in [2.24, 2.45) is 0 Å². The van der Waals surface area contributed by atoms with E-state index < -0.39 is 12.1 Å². The van der Waals surface area contributed by atoms with Crippen LogP contribution in [0.2, 0.25) is 0 Å². The van der Waals surface area contributed by atoms with Crippen LogP contribution < -0.4 is 4.74 Å². The molecule has 2 aromatic carbocycles. The summed E-state index contributed by atoms with van der Waals surface area (Å²) in [5.41, 5.74) is 2.63. The molecule has 7 heteroatoms. The minimum atomic E-state index is -1.04. The summed E-state index contributed by atoms with van der Waals surface area (Å²) >= 11 is 0. The van der Waals surface area contributed by atoms with Crippen LogP contribution in [0, 0.1) is 5.82 Å². The van der Waals surface area contributed by atoms with Gasteiger partial charge in [0.05, 0.1) is 36.2 Å². The molecule has 0 aliphatic rings. The second-order valence-electron chi connectivity index (χ2n) is 7.03. The average Bonchev–Trinajstić information content (AvgIpc) is 3.15. The number of aromatic nitrogens is 2. The van der Waals surface area contributed by atoms with Gasteiger partial charge in [0, 0.05) is 11.1 Å². The fourth-order valence-corrected chi connectivity index (χ4v) is 3.07. The second kappa shape index (κ2) is 9.54. The number of hydrogen-bond donors (Lipinski definition) is 2. The minimum absolute atomic E-state index is 0.125. The first kappa shape index (κ1) is 21.5. The molecule has 1 atom stereocenters. The van der Waals surface area contributed by atoms with Gasteiger partial charge in [-0.3, -0.25) is 4.68 Å². The monoisotopic (exact) mass is 412 g/mol. The molecule has 3 aromatic rings. The lowest BCUT2D eigenvalue weighted by molar-refractivity contribution is 0.0697. The van der Waals surface area contributed by atoms with Gasteiger partial charge in [-0.2, -0.15) is 5.10 Å². The Balaban J connectivity index is 2.13. The first-order chi connectivity index (χ1) is 14.4. The zero-order valence-corrected chi connectivity index (χ0v) is 17.0. The first-order valence-corrected chi connectivity index (χ1v) is 9.95. The third-order valence-electron chi connectivity index (χ3n) is 4.74. The smallest absolute Gasteiger partial charge is 0.335 e. The van der Waals surface area contributed by atoms with Crippen molar-refractivity contribution >= 4 is 5.97 Å². The van der Waals surface area contributed by atoms with Crippen LogP contribution in [-0.4, -0.2) is 38.7 Å². The number of halogens is 1. The van der Waals surface area contributed by atoms with Gasteiger partial charge in [0.1, 0.15) is 11.6 Å².